The predicted molar refractivity (Wildman–Crippen MR) is 190 cm³/mol. The van der Waals surface area contributed by atoms with Gasteiger partial charge in [0.15, 0.2) is 5.78 Å². The van der Waals surface area contributed by atoms with Gasteiger partial charge in [-0.3, -0.25) is 4.79 Å². The van der Waals surface area contributed by atoms with Crippen LogP contribution in [0.25, 0.3) is 43.4 Å². The van der Waals surface area contributed by atoms with Gasteiger partial charge < -0.3 is 9.67 Å². The fourth-order valence-electron chi connectivity index (χ4n) is 5.82. The van der Waals surface area contributed by atoms with Crippen LogP contribution in [0.3, 0.4) is 0 Å². The molecule has 0 saturated heterocycles. The van der Waals surface area contributed by atoms with Crippen LogP contribution in [0.4, 0.5) is 0 Å². The van der Waals surface area contributed by atoms with Gasteiger partial charge in [-0.05, 0) is 71.9 Å². The molecular weight excluding hydrogens is 765 g/mol. The van der Waals surface area contributed by atoms with Crippen LogP contribution >= 0.6 is 11.3 Å². The number of aromatic nitrogens is 2. The van der Waals surface area contributed by atoms with Crippen LogP contribution in [0.5, 0.6) is 0 Å². The third-order valence-corrected chi connectivity index (χ3v) is 9.48. The maximum atomic E-state index is 11.7. The van der Waals surface area contributed by atoms with E-state index in [2.05, 4.69) is 98.8 Å². The molecule has 0 bridgehead atoms. The number of fused-ring (bicyclic) bond motifs is 2. The van der Waals surface area contributed by atoms with Crippen molar-refractivity contribution < 1.29 is 34.6 Å². The zero-order chi connectivity index (χ0) is 32.7. The number of benzene rings is 2. The summed E-state index contributed by atoms with van der Waals surface area (Å²) in [7, 11) is 4.24. The average Bonchev–Trinajstić information content (AvgIpc) is 3.51. The van der Waals surface area contributed by atoms with Gasteiger partial charge in [0.1, 0.15) is 10.5 Å². The molecule has 0 aliphatic heterocycles. The van der Waals surface area contributed by atoms with Crippen molar-refractivity contribution in [1.29, 1.82) is 0 Å². The standard InChI is InChI=1S/C27H23N2S.C13H24O2.Ir/c1-27(2,3)24-16-20(15-18-7-5-6-8-22(18)24)25-17-19(10-13-29(25)4)21-9-12-28-26-23(21)11-14-30-26;1-5-10(6-2)12(14)9-13(15)11(7-3)8-4;/h5-14,16-17H,4H2,1-3H3;9-11,14H,5-8H2,1-4H3;/q-1;;/b;12-9-;. The molecule has 1 radical (unpaired) electrons. The van der Waals surface area contributed by atoms with Crippen molar-refractivity contribution >= 4 is 38.1 Å². The van der Waals surface area contributed by atoms with E-state index >= 15 is 0 Å². The molecule has 0 saturated carbocycles. The molecule has 6 heteroatoms. The van der Waals surface area contributed by atoms with Gasteiger partial charge in [-0.15, -0.1) is 40.5 Å². The number of thiophene rings is 1. The quantitative estimate of drug-likeness (QED) is 0.0698. The Labute approximate surface area is 293 Å². The summed E-state index contributed by atoms with van der Waals surface area (Å²) in [4.78, 5) is 17.3. The molecule has 0 amide bonds. The van der Waals surface area contributed by atoms with Crippen molar-refractivity contribution in [3.05, 3.63) is 103 Å². The number of hydrogen-bond acceptors (Lipinski definition) is 4. The Kier molecular flexibility index (Phi) is 13.3. The molecule has 0 atom stereocenters. The zero-order valence-corrected chi connectivity index (χ0v) is 31.4. The molecular formula is C40H47IrN2O2S-. The summed E-state index contributed by atoms with van der Waals surface area (Å²) >= 11 is 1.67. The molecule has 5 rings (SSSR count). The summed E-state index contributed by atoms with van der Waals surface area (Å²) in [6, 6.07) is 23.0. The van der Waals surface area contributed by atoms with Crippen LogP contribution in [-0.4, -0.2) is 15.9 Å². The van der Waals surface area contributed by atoms with Gasteiger partial charge in [-0.2, -0.15) is 0 Å². The van der Waals surface area contributed by atoms with Crippen molar-refractivity contribution in [2.75, 3.05) is 0 Å². The summed E-state index contributed by atoms with van der Waals surface area (Å²) in [5.74, 6) is 0.547. The van der Waals surface area contributed by atoms with Crippen molar-refractivity contribution in [3.8, 4) is 22.4 Å². The first-order valence-electron chi connectivity index (χ1n) is 16.1. The average molecular weight is 812 g/mol. The van der Waals surface area contributed by atoms with E-state index in [-0.39, 0.29) is 48.9 Å². The van der Waals surface area contributed by atoms with Crippen LogP contribution < -0.4 is 4.57 Å². The smallest absolute Gasteiger partial charge is 0.162 e. The summed E-state index contributed by atoms with van der Waals surface area (Å²) < 4.78 is 1.93. The fraction of sp³-hybridized carbons (Fsp3) is 0.350. The van der Waals surface area contributed by atoms with Crippen LogP contribution in [-0.2, 0) is 30.3 Å². The first-order valence-corrected chi connectivity index (χ1v) is 17.0. The molecule has 0 aliphatic carbocycles. The number of aliphatic hydroxyl groups is 1. The number of carbonyl (C=O) groups is 1. The molecule has 0 spiro atoms. The molecule has 0 fully saturated rings. The fourth-order valence-corrected chi connectivity index (χ4v) is 6.58. The van der Waals surface area contributed by atoms with Gasteiger partial charge in [-0.1, -0.05) is 77.6 Å². The largest absolute Gasteiger partial charge is 0.512 e. The van der Waals surface area contributed by atoms with Crippen molar-refractivity contribution in [2.45, 2.75) is 79.6 Å². The Bertz CT molecular complexity index is 1790. The molecule has 0 unspecified atom stereocenters. The van der Waals surface area contributed by atoms with Gasteiger partial charge in [0.25, 0.3) is 0 Å². The number of ketones is 1. The number of pyridine rings is 2. The molecule has 0 aliphatic rings. The molecule has 1 N–H and O–H groups in total. The van der Waals surface area contributed by atoms with Gasteiger partial charge in [0.05, 0.1) is 12.0 Å². The van der Waals surface area contributed by atoms with Crippen molar-refractivity contribution in [1.82, 2.24) is 4.98 Å². The number of allylic oxidation sites excluding steroid dienone is 2. The zero-order valence-electron chi connectivity index (χ0n) is 28.2. The monoisotopic (exact) mass is 812 g/mol. The summed E-state index contributed by atoms with van der Waals surface area (Å²) in [6.07, 6.45) is 8.82. The number of carbonyl (C=O) groups excluding carboxylic acids is 1. The van der Waals surface area contributed by atoms with E-state index in [1.807, 2.05) is 44.7 Å². The topological polar surface area (TPSA) is 54.1 Å². The Morgan fingerprint density at radius 2 is 1.65 bits per heavy atom. The van der Waals surface area contributed by atoms with Crippen LogP contribution in [0, 0.1) is 24.9 Å². The molecule has 5 aromatic rings. The normalized spacial score (nSPS) is 11.9. The molecule has 3 aromatic heterocycles. The van der Waals surface area contributed by atoms with Crippen LogP contribution in [0.1, 0.15) is 79.7 Å². The minimum atomic E-state index is 0. The second-order valence-electron chi connectivity index (χ2n) is 12.7. The second kappa shape index (κ2) is 16.5. The van der Waals surface area contributed by atoms with Gasteiger partial charge in [-0.25, -0.2) is 4.98 Å². The van der Waals surface area contributed by atoms with Crippen molar-refractivity contribution in [2.24, 2.45) is 11.8 Å². The molecule has 245 valence electrons. The van der Waals surface area contributed by atoms with Crippen molar-refractivity contribution in [3.63, 3.8) is 0 Å². The summed E-state index contributed by atoms with van der Waals surface area (Å²) in [5, 5.41) is 15.4. The summed E-state index contributed by atoms with van der Waals surface area (Å²) in [6.45, 7) is 14.9. The van der Waals surface area contributed by atoms with E-state index in [0.717, 1.165) is 52.7 Å². The maximum Gasteiger partial charge on any atom is 0.162 e. The minimum Gasteiger partial charge on any atom is -0.512 e. The van der Waals surface area contributed by atoms with Gasteiger partial charge in [0, 0.05) is 56.6 Å². The first-order chi connectivity index (χ1) is 21.5. The number of rotatable bonds is 9. The first kappa shape index (κ1) is 37.2. The minimum absolute atomic E-state index is 0. The Morgan fingerprint density at radius 3 is 2.30 bits per heavy atom. The van der Waals surface area contributed by atoms with Crippen LogP contribution in [0.2, 0.25) is 0 Å². The van der Waals surface area contributed by atoms with E-state index in [4.69, 9.17) is 0 Å². The number of nitrogens with zero attached hydrogens (tertiary/aromatic N) is 2. The van der Waals surface area contributed by atoms with E-state index in [1.54, 1.807) is 11.3 Å². The summed E-state index contributed by atoms with van der Waals surface area (Å²) in [5.41, 5.74) is 5.81. The maximum absolute atomic E-state index is 11.7. The molecule has 3 heterocycles. The SMILES string of the molecule is CCC(CC)C(=O)/C=C(\O)C(CC)CC.[CH2-][n+]1ccc(-c2ccnc3sccc23)cc1-c1[c-]c2ccccc2c(C(C)(C)C)c1.[Ir]. The number of aliphatic hydroxyl groups excluding tert-OH is 1. The Balaban J connectivity index is 0.000000309. The molecule has 46 heavy (non-hydrogen) atoms. The van der Waals surface area contributed by atoms with E-state index < -0.39 is 0 Å². The third kappa shape index (κ3) is 8.53. The van der Waals surface area contributed by atoms with Gasteiger partial charge >= 0.3 is 0 Å². The van der Waals surface area contributed by atoms with E-state index in [0.29, 0.717) is 0 Å². The van der Waals surface area contributed by atoms with Crippen LogP contribution in [0.15, 0.2) is 84.2 Å². The number of hydrogen-bond donors (Lipinski definition) is 1. The Morgan fingerprint density at radius 1 is 0.978 bits per heavy atom. The second-order valence-corrected chi connectivity index (χ2v) is 13.6. The van der Waals surface area contributed by atoms with E-state index in [1.165, 1.54) is 28.0 Å². The molecule has 4 nitrogen and oxygen atoms in total. The predicted octanol–water partition coefficient (Wildman–Crippen LogP) is 10.7. The van der Waals surface area contributed by atoms with E-state index in [9.17, 15) is 9.90 Å². The Hall–Kier alpha value is -3.31. The third-order valence-electron chi connectivity index (χ3n) is 8.66. The molecule has 2 aromatic carbocycles. The van der Waals surface area contributed by atoms with Gasteiger partial charge in [0.2, 0.25) is 0 Å².